The second-order valence-electron chi connectivity index (χ2n) is 3.34. The fraction of sp³-hybridized carbons (Fsp3) is 0. The number of halogens is 1. The Balaban J connectivity index is 2.40. The molecule has 0 aliphatic heterocycles. The van der Waals surface area contributed by atoms with Gasteiger partial charge in [0.25, 0.3) is 10.0 Å². The highest BCUT2D eigenvalue weighted by Gasteiger charge is 2.18. The number of anilines is 1. The van der Waals surface area contributed by atoms with Gasteiger partial charge in [0.15, 0.2) is 4.90 Å². The van der Waals surface area contributed by atoms with Crippen molar-refractivity contribution >= 4 is 27.4 Å². The smallest absolute Gasteiger partial charge is 0.268 e. The Hall–Kier alpha value is -1.86. The number of rotatable bonds is 3. The van der Waals surface area contributed by atoms with Gasteiger partial charge in [-0.2, -0.15) is 0 Å². The summed E-state index contributed by atoms with van der Waals surface area (Å²) in [5.41, 5.74) is -0.608. The van der Waals surface area contributed by atoms with Crippen LogP contribution < -0.4 is 10.2 Å². The largest absolute Gasteiger partial charge is 0.366 e. The number of aromatic amines is 1. The van der Waals surface area contributed by atoms with Crippen molar-refractivity contribution in [3.05, 3.63) is 52.0 Å². The molecule has 94 valence electrons. The molecule has 0 atom stereocenters. The Morgan fingerprint density at radius 3 is 2.78 bits per heavy atom. The molecule has 0 bridgehead atoms. The van der Waals surface area contributed by atoms with E-state index < -0.39 is 15.5 Å². The van der Waals surface area contributed by atoms with Crippen LogP contribution in [0.15, 0.2) is 46.5 Å². The molecule has 0 aliphatic carbocycles. The zero-order valence-electron chi connectivity index (χ0n) is 8.92. The Morgan fingerprint density at radius 2 is 2.11 bits per heavy atom. The van der Waals surface area contributed by atoms with Crippen LogP contribution >= 0.6 is 11.6 Å². The van der Waals surface area contributed by atoms with E-state index in [1.807, 2.05) is 0 Å². The van der Waals surface area contributed by atoms with E-state index in [0.717, 1.165) is 12.3 Å². The first-order valence-corrected chi connectivity index (χ1v) is 6.67. The maximum atomic E-state index is 11.9. The van der Waals surface area contributed by atoms with Crippen LogP contribution in [0.3, 0.4) is 0 Å². The van der Waals surface area contributed by atoms with Crippen molar-refractivity contribution in [3.63, 3.8) is 0 Å². The Bertz CT molecular complexity index is 727. The molecule has 2 rings (SSSR count). The second kappa shape index (κ2) is 4.79. The zero-order valence-corrected chi connectivity index (χ0v) is 10.5. The molecule has 0 fully saturated rings. The molecule has 0 spiro atoms. The van der Waals surface area contributed by atoms with Crippen molar-refractivity contribution < 1.29 is 8.42 Å². The first-order valence-electron chi connectivity index (χ1n) is 4.80. The summed E-state index contributed by atoms with van der Waals surface area (Å²) < 4.78 is 26.0. The summed E-state index contributed by atoms with van der Waals surface area (Å²) in [5.74, 6) is 0.0470. The van der Waals surface area contributed by atoms with Crippen molar-refractivity contribution in [2.75, 3.05) is 4.72 Å². The van der Waals surface area contributed by atoms with Crippen LogP contribution in [-0.2, 0) is 10.0 Å². The molecule has 0 saturated heterocycles. The van der Waals surface area contributed by atoms with Crippen LogP contribution in [0.2, 0.25) is 5.02 Å². The summed E-state index contributed by atoms with van der Waals surface area (Å²) in [6.45, 7) is 0. The van der Waals surface area contributed by atoms with Crippen LogP contribution in [0, 0.1) is 0 Å². The van der Waals surface area contributed by atoms with Gasteiger partial charge in [-0.25, -0.2) is 13.4 Å². The van der Waals surface area contributed by atoms with E-state index >= 15 is 0 Å². The maximum Gasteiger partial charge on any atom is 0.268 e. The summed E-state index contributed by atoms with van der Waals surface area (Å²) in [5, 5.41) is 0.338. The topological polar surface area (TPSA) is 91.9 Å². The highest BCUT2D eigenvalue weighted by atomic mass is 35.5. The fourth-order valence-corrected chi connectivity index (χ4v) is 2.48. The quantitative estimate of drug-likeness (QED) is 0.887. The SMILES string of the molecule is O=c1cc[nH]cc1S(=O)(=O)Nc1cc(Cl)ccn1. The Labute approximate surface area is 108 Å². The van der Waals surface area contributed by atoms with E-state index in [9.17, 15) is 13.2 Å². The van der Waals surface area contributed by atoms with Crippen LogP contribution in [0.4, 0.5) is 5.82 Å². The van der Waals surface area contributed by atoms with Crippen molar-refractivity contribution in [2.24, 2.45) is 0 Å². The summed E-state index contributed by atoms with van der Waals surface area (Å²) in [6.07, 6.45) is 3.81. The van der Waals surface area contributed by atoms with E-state index in [0.29, 0.717) is 5.02 Å². The predicted octanol–water partition coefficient (Wildman–Crippen LogP) is 1.22. The minimum atomic E-state index is -3.98. The number of pyridine rings is 2. The highest BCUT2D eigenvalue weighted by Crippen LogP contribution is 2.14. The molecule has 2 N–H and O–H groups in total. The van der Waals surface area contributed by atoms with Gasteiger partial charge in [-0.3, -0.25) is 9.52 Å². The third-order valence-corrected chi connectivity index (χ3v) is 3.65. The van der Waals surface area contributed by atoms with Crippen LogP contribution in [0.1, 0.15) is 0 Å². The summed E-state index contributed by atoms with van der Waals surface area (Å²) >= 11 is 5.71. The van der Waals surface area contributed by atoms with Gasteiger partial charge in [0, 0.05) is 35.7 Å². The average molecular weight is 286 g/mol. The number of hydrogen-bond donors (Lipinski definition) is 2. The van der Waals surface area contributed by atoms with E-state index in [1.54, 1.807) is 0 Å². The number of aromatic nitrogens is 2. The molecule has 2 aromatic heterocycles. The summed E-state index contributed by atoms with van der Waals surface area (Å²) in [6, 6.07) is 3.98. The molecular formula is C10H8ClN3O3S. The number of hydrogen-bond acceptors (Lipinski definition) is 4. The zero-order chi connectivity index (χ0) is 13.2. The first kappa shape index (κ1) is 12.6. The lowest BCUT2D eigenvalue weighted by Crippen LogP contribution is -2.21. The molecule has 2 heterocycles. The molecule has 0 radical (unpaired) electrons. The standard InChI is InChI=1S/C10H8ClN3O3S/c11-7-1-4-13-10(5-7)14-18(16,17)9-6-12-3-2-8(9)15/h1-6H,(H,12,15)(H,13,14). The van der Waals surface area contributed by atoms with Gasteiger partial charge in [-0.15, -0.1) is 0 Å². The van der Waals surface area contributed by atoms with Gasteiger partial charge in [0.05, 0.1) is 0 Å². The minimum Gasteiger partial charge on any atom is -0.366 e. The molecule has 8 heteroatoms. The van der Waals surface area contributed by atoms with Crippen LogP contribution in [0.5, 0.6) is 0 Å². The van der Waals surface area contributed by atoms with E-state index in [4.69, 9.17) is 11.6 Å². The molecule has 6 nitrogen and oxygen atoms in total. The molecule has 0 saturated carbocycles. The molecule has 0 unspecified atom stereocenters. The molecule has 0 aromatic carbocycles. The maximum absolute atomic E-state index is 11.9. The van der Waals surface area contributed by atoms with Gasteiger partial charge >= 0.3 is 0 Å². The third-order valence-electron chi connectivity index (χ3n) is 2.04. The van der Waals surface area contributed by atoms with E-state index in [1.165, 1.54) is 24.5 Å². The second-order valence-corrected chi connectivity index (χ2v) is 5.42. The molecule has 0 aliphatic rings. The number of sulfonamides is 1. The van der Waals surface area contributed by atoms with Crippen LogP contribution in [-0.4, -0.2) is 18.4 Å². The summed E-state index contributed by atoms with van der Waals surface area (Å²) in [4.78, 5) is 17.4. The molecule has 0 amide bonds. The van der Waals surface area contributed by atoms with E-state index in [2.05, 4.69) is 14.7 Å². The summed E-state index contributed by atoms with van der Waals surface area (Å²) in [7, 11) is -3.98. The number of nitrogens with one attached hydrogen (secondary N) is 2. The Morgan fingerprint density at radius 1 is 1.33 bits per heavy atom. The number of nitrogens with zero attached hydrogens (tertiary/aromatic N) is 1. The highest BCUT2D eigenvalue weighted by molar-refractivity contribution is 7.92. The molecule has 18 heavy (non-hydrogen) atoms. The van der Waals surface area contributed by atoms with Crippen molar-refractivity contribution in [1.82, 2.24) is 9.97 Å². The first-order chi connectivity index (χ1) is 8.49. The van der Waals surface area contributed by atoms with Crippen molar-refractivity contribution in [2.45, 2.75) is 4.90 Å². The Kier molecular flexibility index (Phi) is 3.35. The lowest BCUT2D eigenvalue weighted by Gasteiger charge is -2.06. The normalized spacial score (nSPS) is 11.2. The predicted molar refractivity (Wildman–Crippen MR) is 67.1 cm³/mol. The van der Waals surface area contributed by atoms with Crippen molar-refractivity contribution in [3.8, 4) is 0 Å². The van der Waals surface area contributed by atoms with Gasteiger partial charge in [-0.05, 0) is 6.07 Å². The number of H-pyrrole nitrogens is 1. The van der Waals surface area contributed by atoms with Crippen molar-refractivity contribution in [1.29, 1.82) is 0 Å². The fourth-order valence-electron chi connectivity index (χ4n) is 1.26. The monoisotopic (exact) mass is 285 g/mol. The average Bonchev–Trinajstić information content (AvgIpc) is 2.28. The lowest BCUT2D eigenvalue weighted by atomic mass is 10.5. The lowest BCUT2D eigenvalue weighted by molar-refractivity contribution is 0.600. The third kappa shape index (κ3) is 2.69. The van der Waals surface area contributed by atoms with Gasteiger partial charge in [-0.1, -0.05) is 11.6 Å². The van der Waals surface area contributed by atoms with Gasteiger partial charge < -0.3 is 4.98 Å². The minimum absolute atomic E-state index is 0.0470. The molecule has 2 aromatic rings. The molecular weight excluding hydrogens is 278 g/mol. The van der Waals surface area contributed by atoms with Crippen LogP contribution in [0.25, 0.3) is 0 Å². The van der Waals surface area contributed by atoms with Gasteiger partial charge in [0.1, 0.15) is 5.82 Å². The van der Waals surface area contributed by atoms with E-state index in [-0.39, 0.29) is 10.7 Å². The van der Waals surface area contributed by atoms with Gasteiger partial charge in [0.2, 0.25) is 5.43 Å².